The van der Waals surface area contributed by atoms with E-state index in [2.05, 4.69) is 9.82 Å². The van der Waals surface area contributed by atoms with Crippen LogP contribution >= 0.6 is 0 Å². The Labute approximate surface area is 157 Å². The maximum Gasteiger partial charge on any atom is 0.306 e. The minimum absolute atomic E-state index is 0.102. The second-order valence-corrected chi connectivity index (χ2v) is 8.09. The molecule has 0 unspecified atom stereocenters. The van der Waals surface area contributed by atoms with Gasteiger partial charge in [-0.3, -0.25) is 4.79 Å². The van der Waals surface area contributed by atoms with Gasteiger partial charge in [0.2, 0.25) is 0 Å². The molecule has 0 amide bonds. The van der Waals surface area contributed by atoms with Crippen molar-refractivity contribution >= 4 is 16.2 Å². The van der Waals surface area contributed by atoms with Gasteiger partial charge >= 0.3 is 5.97 Å². The third kappa shape index (κ3) is 4.65. The maximum absolute atomic E-state index is 12.4. The van der Waals surface area contributed by atoms with E-state index in [9.17, 15) is 13.2 Å². The van der Waals surface area contributed by atoms with Crippen molar-refractivity contribution in [3.05, 3.63) is 42.2 Å². The lowest BCUT2D eigenvalue weighted by Crippen LogP contribution is -2.45. The third-order valence-electron chi connectivity index (χ3n) is 4.56. The summed E-state index contributed by atoms with van der Waals surface area (Å²) in [5.41, 5.74) is 1.51. The molecule has 0 radical (unpaired) electrons. The largest absolute Gasteiger partial charge is 0.497 e. The number of ether oxygens (including phenoxy) is 1. The fourth-order valence-electron chi connectivity index (χ4n) is 2.95. The van der Waals surface area contributed by atoms with E-state index in [4.69, 9.17) is 9.84 Å². The summed E-state index contributed by atoms with van der Waals surface area (Å²) in [7, 11) is -2.08. The number of carbonyl (C=O) groups is 1. The third-order valence-corrected chi connectivity index (χ3v) is 6.11. The Bertz CT molecular complexity index is 904. The number of nitrogens with zero attached hydrogens (tertiary/aromatic N) is 3. The second-order valence-electron chi connectivity index (χ2n) is 6.33. The van der Waals surface area contributed by atoms with Crippen LogP contribution in [0.2, 0.25) is 0 Å². The first kappa shape index (κ1) is 19.3. The number of methoxy groups -OCH3 is 1. The number of aliphatic carboxylic acids is 1. The Morgan fingerprint density at radius 1 is 1.37 bits per heavy atom. The number of carboxylic acids is 1. The number of benzene rings is 1. The molecule has 2 heterocycles. The minimum atomic E-state index is -3.66. The number of piperidine rings is 1. The van der Waals surface area contributed by atoms with E-state index >= 15 is 0 Å². The summed E-state index contributed by atoms with van der Waals surface area (Å²) in [6.07, 6.45) is 3.99. The molecule has 10 heteroatoms. The molecular weight excluding hydrogens is 372 g/mol. The first-order chi connectivity index (χ1) is 12.9. The van der Waals surface area contributed by atoms with Crippen LogP contribution in [0, 0.1) is 5.92 Å². The van der Waals surface area contributed by atoms with Gasteiger partial charge in [0.25, 0.3) is 10.2 Å². The molecule has 1 aliphatic rings. The molecule has 0 aliphatic carbocycles. The highest BCUT2D eigenvalue weighted by atomic mass is 32.2. The van der Waals surface area contributed by atoms with Gasteiger partial charge in [-0.1, -0.05) is 6.07 Å². The summed E-state index contributed by atoms with van der Waals surface area (Å²) in [6, 6.07) is 7.37. The molecule has 0 bridgehead atoms. The number of rotatable bonds is 7. The van der Waals surface area contributed by atoms with Crippen molar-refractivity contribution in [1.82, 2.24) is 18.8 Å². The van der Waals surface area contributed by atoms with Crippen LogP contribution in [0.5, 0.6) is 5.75 Å². The van der Waals surface area contributed by atoms with Gasteiger partial charge in [0, 0.05) is 37.5 Å². The molecule has 1 aromatic heterocycles. The first-order valence-corrected chi connectivity index (χ1v) is 9.98. The Morgan fingerprint density at radius 3 is 2.78 bits per heavy atom. The van der Waals surface area contributed by atoms with Gasteiger partial charge in [-0.25, -0.2) is 4.68 Å². The van der Waals surface area contributed by atoms with E-state index in [0.29, 0.717) is 24.2 Å². The summed E-state index contributed by atoms with van der Waals surface area (Å²) < 4.78 is 35.5. The number of nitrogens with one attached hydrogen (secondary N) is 1. The van der Waals surface area contributed by atoms with E-state index in [1.807, 2.05) is 24.3 Å². The van der Waals surface area contributed by atoms with Crippen LogP contribution in [0.25, 0.3) is 5.69 Å². The van der Waals surface area contributed by atoms with E-state index in [1.54, 1.807) is 24.2 Å². The normalized spacial score (nSPS) is 16.3. The van der Waals surface area contributed by atoms with Crippen LogP contribution in [0.1, 0.15) is 18.4 Å². The Morgan fingerprint density at radius 2 is 2.11 bits per heavy atom. The maximum atomic E-state index is 12.4. The fraction of sp³-hybridized carbons (Fsp3) is 0.412. The molecule has 0 spiro atoms. The molecule has 2 aromatic rings. The molecule has 2 N–H and O–H groups in total. The van der Waals surface area contributed by atoms with Crippen LogP contribution in [0.4, 0.5) is 0 Å². The average Bonchev–Trinajstić information content (AvgIpc) is 3.16. The SMILES string of the molecule is COc1cccc(-n2cc(CNS(=O)(=O)N3CCC(C(=O)O)CC3)cn2)c1. The van der Waals surface area contributed by atoms with Gasteiger partial charge in [0.05, 0.1) is 24.9 Å². The summed E-state index contributed by atoms with van der Waals surface area (Å²) in [5.74, 6) is -0.641. The lowest BCUT2D eigenvalue weighted by molar-refractivity contribution is -0.142. The zero-order valence-corrected chi connectivity index (χ0v) is 15.7. The van der Waals surface area contributed by atoms with Crippen molar-refractivity contribution < 1.29 is 23.1 Å². The Kier molecular flexibility index (Phi) is 5.78. The number of aromatic nitrogens is 2. The van der Waals surface area contributed by atoms with Crippen molar-refractivity contribution in [2.75, 3.05) is 20.2 Å². The van der Waals surface area contributed by atoms with Gasteiger partial charge in [0.1, 0.15) is 5.75 Å². The van der Waals surface area contributed by atoms with Crippen LogP contribution in [0.3, 0.4) is 0 Å². The van der Waals surface area contributed by atoms with Gasteiger partial charge in [-0.05, 0) is 25.0 Å². The van der Waals surface area contributed by atoms with Crippen LogP contribution in [0.15, 0.2) is 36.7 Å². The highest BCUT2D eigenvalue weighted by Crippen LogP contribution is 2.20. The average molecular weight is 394 g/mol. The van der Waals surface area contributed by atoms with Gasteiger partial charge in [-0.2, -0.15) is 22.5 Å². The van der Waals surface area contributed by atoms with E-state index in [-0.39, 0.29) is 19.6 Å². The van der Waals surface area contributed by atoms with Crippen LogP contribution < -0.4 is 9.46 Å². The van der Waals surface area contributed by atoms with Gasteiger partial charge < -0.3 is 9.84 Å². The molecule has 27 heavy (non-hydrogen) atoms. The van der Waals surface area contributed by atoms with Crippen molar-refractivity contribution in [2.24, 2.45) is 5.92 Å². The molecular formula is C17H22N4O5S. The summed E-state index contributed by atoms with van der Waals surface area (Å²) in [6.45, 7) is 0.510. The van der Waals surface area contributed by atoms with E-state index < -0.39 is 22.1 Å². The molecule has 1 aliphatic heterocycles. The summed E-state index contributed by atoms with van der Waals surface area (Å²) in [4.78, 5) is 11.0. The molecule has 9 nitrogen and oxygen atoms in total. The first-order valence-electron chi connectivity index (χ1n) is 8.54. The van der Waals surface area contributed by atoms with Gasteiger partial charge in [-0.15, -0.1) is 0 Å². The van der Waals surface area contributed by atoms with Crippen molar-refractivity contribution in [3.63, 3.8) is 0 Å². The second kappa shape index (κ2) is 8.07. The van der Waals surface area contributed by atoms with Crippen molar-refractivity contribution in [3.8, 4) is 11.4 Å². The standard InChI is InChI=1S/C17H22N4O5S/c1-26-16-4-2-3-15(9-16)21-12-13(10-18-21)11-19-27(24,25)20-7-5-14(6-8-20)17(22)23/h2-4,9-10,12,14,19H,5-8,11H2,1H3,(H,22,23). The molecule has 1 saturated heterocycles. The van der Waals surface area contributed by atoms with Crippen molar-refractivity contribution in [1.29, 1.82) is 0 Å². The monoisotopic (exact) mass is 394 g/mol. The lowest BCUT2D eigenvalue weighted by atomic mass is 9.99. The zero-order chi connectivity index (χ0) is 19.4. The van der Waals surface area contributed by atoms with Gasteiger partial charge in [0.15, 0.2) is 0 Å². The predicted molar refractivity (Wildman–Crippen MR) is 97.8 cm³/mol. The fourth-order valence-corrected chi connectivity index (χ4v) is 4.18. The summed E-state index contributed by atoms with van der Waals surface area (Å²) >= 11 is 0. The smallest absolute Gasteiger partial charge is 0.306 e. The Hall–Kier alpha value is -2.43. The van der Waals surface area contributed by atoms with E-state index in [0.717, 1.165) is 5.69 Å². The summed E-state index contributed by atoms with van der Waals surface area (Å²) in [5, 5.41) is 13.3. The molecule has 0 saturated carbocycles. The number of carboxylic acid groups (broad SMARTS) is 1. The highest BCUT2D eigenvalue weighted by Gasteiger charge is 2.30. The quantitative estimate of drug-likeness (QED) is 0.725. The number of hydrogen-bond acceptors (Lipinski definition) is 5. The molecule has 1 fully saturated rings. The van der Waals surface area contributed by atoms with E-state index in [1.165, 1.54) is 4.31 Å². The van der Waals surface area contributed by atoms with Crippen molar-refractivity contribution in [2.45, 2.75) is 19.4 Å². The molecule has 0 atom stereocenters. The zero-order valence-electron chi connectivity index (χ0n) is 14.9. The lowest BCUT2D eigenvalue weighted by Gasteiger charge is -2.29. The number of hydrogen-bond donors (Lipinski definition) is 2. The Balaban J connectivity index is 1.60. The molecule has 3 rings (SSSR count). The van der Waals surface area contributed by atoms with Crippen LogP contribution in [-0.4, -0.2) is 53.8 Å². The minimum Gasteiger partial charge on any atom is -0.497 e. The molecule has 1 aromatic carbocycles. The predicted octanol–water partition coefficient (Wildman–Crippen LogP) is 1.01. The highest BCUT2D eigenvalue weighted by molar-refractivity contribution is 7.87. The molecule has 146 valence electrons. The topological polar surface area (TPSA) is 114 Å². The van der Waals surface area contributed by atoms with Crippen LogP contribution in [-0.2, 0) is 21.5 Å².